The minimum atomic E-state index is -0.304. The average Bonchev–Trinajstić information content (AvgIpc) is 2.33. The first-order valence-electron chi connectivity index (χ1n) is 7.04. The van der Waals surface area contributed by atoms with E-state index in [0.717, 1.165) is 13.1 Å². The number of esters is 1. The summed E-state index contributed by atoms with van der Waals surface area (Å²) in [4.78, 5) is 22.7. The zero-order valence-corrected chi connectivity index (χ0v) is 12.6. The molecule has 0 aliphatic heterocycles. The number of carbonyl (C=O) groups is 2. The van der Waals surface area contributed by atoms with Gasteiger partial charge in [0.05, 0.1) is 13.0 Å². The third-order valence-electron chi connectivity index (χ3n) is 2.31. The molecule has 0 aliphatic carbocycles. The highest BCUT2D eigenvalue weighted by Crippen LogP contribution is 1.97. The van der Waals surface area contributed by atoms with Gasteiger partial charge in [-0.1, -0.05) is 27.7 Å². The van der Waals surface area contributed by atoms with Crippen LogP contribution in [0.25, 0.3) is 0 Å². The lowest BCUT2D eigenvalue weighted by atomic mass is 10.2. The molecule has 5 heteroatoms. The lowest BCUT2D eigenvalue weighted by Gasteiger charge is -2.09. The van der Waals surface area contributed by atoms with Crippen LogP contribution in [0.4, 0.5) is 0 Å². The van der Waals surface area contributed by atoms with E-state index in [1.165, 1.54) is 0 Å². The van der Waals surface area contributed by atoms with Crippen LogP contribution in [0.3, 0.4) is 0 Å². The van der Waals surface area contributed by atoms with Crippen molar-refractivity contribution < 1.29 is 14.3 Å². The van der Waals surface area contributed by atoms with Gasteiger partial charge in [-0.2, -0.15) is 0 Å². The van der Waals surface area contributed by atoms with Crippen LogP contribution in [-0.2, 0) is 14.3 Å². The van der Waals surface area contributed by atoms with E-state index in [9.17, 15) is 9.59 Å². The van der Waals surface area contributed by atoms with E-state index in [1.807, 2.05) is 13.8 Å². The number of hydrogen-bond donors (Lipinski definition) is 2. The highest BCUT2D eigenvalue weighted by Gasteiger charge is 2.08. The first-order chi connectivity index (χ1) is 8.91. The summed E-state index contributed by atoms with van der Waals surface area (Å²) in [6, 6.07) is 0. The van der Waals surface area contributed by atoms with Crippen LogP contribution in [0, 0.1) is 11.8 Å². The standard InChI is InChI=1S/C14H28N2O3/c1-11(2)9-15-7-8-16-13(17)5-6-14(18)19-10-12(3)4/h11-12,15H,5-10H2,1-4H3,(H,16,17). The molecule has 0 atom stereocenters. The van der Waals surface area contributed by atoms with Gasteiger partial charge in [0, 0.05) is 19.5 Å². The summed E-state index contributed by atoms with van der Waals surface area (Å²) in [6.07, 6.45) is 0.346. The maximum absolute atomic E-state index is 11.4. The third-order valence-corrected chi connectivity index (χ3v) is 2.31. The van der Waals surface area contributed by atoms with E-state index in [0.29, 0.717) is 25.0 Å². The summed E-state index contributed by atoms with van der Waals surface area (Å²) in [5.74, 6) is 0.519. The monoisotopic (exact) mass is 272 g/mol. The summed E-state index contributed by atoms with van der Waals surface area (Å²) in [5, 5.41) is 6.00. The molecule has 2 N–H and O–H groups in total. The lowest BCUT2D eigenvalue weighted by Crippen LogP contribution is -2.33. The van der Waals surface area contributed by atoms with Gasteiger partial charge in [-0.25, -0.2) is 0 Å². The van der Waals surface area contributed by atoms with Crippen LogP contribution < -0.4 is 10.6 Å². The Morgan fingerprint density at radius 2 is 1.68 bits per heavy atom. The molecule has 0 rings (SSSR count). The van der Waals surface area contributed by atoms with E-state index in [2.05, 4.69) is 24.5 Å². The lowest BCUT2D eigenvalue weighted by molar-refractivity contribution is -0.146. The molecule has 0 fully saturated rings. The Kier molecular flexibility index (Phi) is 10.2. The number of rotatable bonds is 10. The largest absolute Gasteiger partial charge is 0.465 e. The number of hydrogen-bond acceptors (Lipinski definition) is 4. The zero-order valence-electron chi connectivity index (χ0n) is 12.6. The van der Waals surface area contributed by atoms with Gasteiger partial charge < -0.3 is 15.4 Å². The summed E-state index contributed by atoms with van der Waals surface area (Å²) in [5.41, 5.74) is 0. The average molecular weight is 272 g/mol. The minimum absolute atomic E-state index is 0.104. The Bertz CT molecular complexity index is 265. The predicted octanol–water partition coefficient (Wildman–Crippen LogP) is 1.33. The number of nitrogens with one attached hydrogen (secondary N) is 2. The Balaban J connectivity index is 3.46. The van der Waals surface area contributed by atoms with Gasteiger partial charge in [-0.05, 0) is 18.4 Å². The number of carbonyl (C=O) groups excluding carboxylic acids is 2. The maximum atomic E-state index is 11.4. The molecule has 0 aromatic rings. The van der Waals surface area contributed by atoms with E-state index in [-0.39, 0.29) is 24.7 Å². The second-order valence-electron chi connectivity index (χ2n) is 5.52. The van der Waals surface area contributed by atoms with Crippen LogP contribution >= 0.6 is 0 Å². The Hall–Kier alpha value is -1.10. The van der Waals surface area contributed by atoms with E-state index < -0.39 is 0 Å². The molecule has 1 amide bonds. The first kappa shape index (κ1) is 17.9. The second kappa shape index (κ2) is 10.8. The zero-order chi connectivity index (χ0) is 14.7. The van der Waals surface area contributed by atoms with Crippen molar-refractivity contribution in [3.8, 4) is 0 Å². The minimum Gasteiger partial charge on any atom is -0.465 e. The summed E-state index contributed by atoms with van der Waals surface area (Å²) < 4.78 is 4.99. The fourth-order valence-corrected chi connectivity index (χ4v) is 1.32. The van der Waals surface area contributed by atoms with Crippen molar-refractivity contribution in [3.63, 3.8) is 0 Å². The fourth-order valence-electron chi connectivity index (χ4n) is 1.32. The molecule has 0 saturated heterocycles. The van der Waals surface area contributed by atoms with Gasteiger partial charge in [0.2, 0.25) is 5.91 Å². The molecule has 0 unspecified atom stereocenters. The molecule has 0 bridgehead atoms. The molecule has 0 saturated carbocycles. The second-order valence-corrected chi connectivity index (χ2v) is 5.52. The molecule has 0 aliphatic rings. The van der Waals surface area contributed by atoms with Crippen molar-refractivity contribution in [2.75, 3.05) is 26.2 Å². The third kappa shape index (κ3) is 13.1. The van der Waals surface area contributed by atoms with E-state index >= 15 is 0 Å². The van der Waals surface area contributed by atoms with Crippen LogP contribution in [0.5, 0.6) is 0 Å². The van der Waals surface area contributed by atoms with E-state index in [1.54, 1.807) is 0 Å². The fraction of sp³-hybridized carbons (Fsp3) is 0.857. The topological polar surface area (TPSA) is 67.4 Å². The van der Waals surface area contributed by atoms with Crippen molar-refractivity contribution in [2.45, 2.75) is 40.5 Å². The molecule has 19 heavy (non-hydrogen) atoms. The van der Waals surface area contributed by atoms with Gasteiger partial charge >= 0.3 is 5.97 Å². The molecule has 0 spiro atoms. The highest BCUT2D eigenvalue weighted by atomic mass is 16.5. The van der Waals surface area contributed by atoms with Gasteiger partial charge in [-0.15, -0.1) is 0 Å². The van der Waals surface area contributed by atoms with Crippen LogP contribution in [0.1, 0.15) is 40.5 Å². The number of ether oxygens (including phenoxy) is 1. The highest BCUT2D eigenvalue weighted by molar-refractivity contribution is 5.81. The Labute approximate surface area is 116 Å². The van der Waals surface area contributed by atoms with Gasteiger partial charge in [0.25, 0.3) is 0 Å². The summed E-state index contributed by atoms with van der Waals surface area (Å²) >= 11 is 0. The Morgan fingerprint density at radius 1 is 1.00 bits per heavy atom. The van der Waals surface area contributed by atoms with Crippen molar-refractivity contribution in [1.29, 1.82) is 0 Å². The predicted molar refractivity (Wildman–Crippen MR) is 75.7 cm³/mol. The van der Waals surface area contributed by atoms with Crippen molar-refractivity contribution in [1.82, 2.24) is 10.6 Å². The van der Waals surface area contributed by atoms with Gasteiger partial charge in [0.1, 0.15) is 0 Å². The maximum Gasteiger partial charge on any atom is 0.306 e. The van der Waals surface area contributed by atoms with Crippen molar-refractivity contribution in [3.05, 3.63) is 0 Å². The molecule has 0 heterocycles. The smallest absolute Gasteiger partial charge is 0.306 e. The molecular weight excluding hydrogens is 244 g/mol. The molecule has 0 aromatic heterocycles. The molecule has 112 valence electrons. The van der Waals surface area contributed by atoms with Gasteiger partial charge in [0.15, 0.2) is 0 Å². The normalized spacial score (nSPS) is 10.8. The Morgan fingerprint density at radius 3 is 2.26 bits per heavy atom. The molecular formula is C14H28N2O3. The van der Waals surface area contributed by atoms with E-state index in [4.69, 9.17) is 4.74 Å². The van der Waals surface area contributed by atoms with Crippen LogP contribution in [0.15, 0.2) is 0 Å². The summed E-state index contributed by atoms with van der Waals surface area (Å²) in [6.45, 7) is 10.9. The molecule has 0 radical (unpaired) electrons. The van der Waals surface area contributed by atoms with Crippen LogP contribution in [-0.4, -0.2) is 38.1 Å². The molecule has 0 aromatic carbocycles. The van der Waals surface area contributed by atoms with Crippen molar-refractivity contribution >= 4 is 11.9 Å². The quantitative estimate of drug-likeness (QED) is 0.465. The molecule has 5 nitrogen and oxygen atoms in total. The van der Waals surface area contributed by atoms with Crippen molar-refractivity contribution in [2.24, 2.45) is 11.8 Å². The van der Waals surface area contributed by atoms with Gasteiger partial charge in [-0.3, -0.25) is 9.59 Å². The van der Waals surface area contributed by atoms with Crippen LogP contribution in [0.2, 0.25) is 0 Å². The summed E-state index contributed by atoms with van der Waals surface area (Å²) in [7, 11) is 0. The first-order valence-corrected chi connectivity index (χ1v) is 7.04. The SMILES string of the molecule is CC(C)CNCCNC(=O)CCC(=O)OCC(C)C. The number of amides is 1.